The first-order valence-electron chi connectivity index (χ1n) is 5.63. The number of aliphatic hydroxyl groups is 1. The summed E-state index contributed by atoms with van der Waals surface area (Å²) in [5, 5.41) is 9.16. The molecule has 1 aliphatic rings. The minimum absolute atomic E-state index is 0.163. The van der Waals surface area contributed by atoms with Gasteiger partial charge in [-0.2, -0.15) is 0 Å². The first-order valence-corrected chi connectivity index (χ1v) is 5.63. The summed E-state index contributed by atoms with van der Waals surface area (Å²) in [4.78, 5) is 2.45. The molecule has 14 heavy (non-hydrogen) atoms. The van der Waals surface area contributed by atoms with E-state index < -0.39 is 0 Å². The van der Waals surface area contributed by atoms with Crippen molar-refractivity contribution in [2.45, 2.75) is 51.9 Å². The Bertz CT molecular complexity index is 161. The Hall–Kier alpha value is -0.120. The summed E-state index contributed by atoms with van der Waals surface area (Å²) in [6.45, 7) is 9.13. The van der Waals surface area contributed by atoms with Crippen molar-refractivity contribution in [2.24, 2.45) is 0 Å². The highest BCUT2D eigenvalue weighted by Gasteiger charge is 2.22. The summed E-state index contributed by atoms with van der Waals surface area (Å²) in [6, 6.07) is 0.528. The summed E-state index contributed by atoms with van der Waals surface area (Å²) in [5.41, 5.74) is 0. The van der Waals surface area contributed by atoms with E-state index in [2.05, 4.69) is 18.7 Å². The van der Waals surface area contributed by atoms with E-state index in [1.54, 1.807) is 0 Å². The Kier molecular flexibility index (Phi) is 4.85. The fraction of sp³-hybridized carbons (Fsp3) is 1.00. The van der Waals surface area contributed by atoms with E-state index in [4.69, 9.17) is 9.84 Å². The van der Waals surface area contributed by atoms with Gasteiger partial charge in [0.05, 0.1) is 18.8 Å². The van der Waals surface area contributed by atoms with Gasteiger partial charge >= 0.3 is 0 Å². The number of nitrogens with zero attached hydrogens (tertiary/aromatic N) is 1. The molecule has 1 rings (SSSR count). The molecule has 1 N–H and O–H groups in total. The molecule has 84 valence electrons. The maximum absolute atomic E-state index is 9.16. The summed E-state index contributed by atoms with van der Waals surface area (Å²) in [6.07, 6.45) is 2.18. The average Bonchev–Trinajstić information content (AvgIpc) is 2.10. The predicted octanol–water partition coefficient (Wildman–Crippen LogP) is 1.26. The average molecular weight is 201 g/mol. The number of rotatable bonds is 4. The predicted molar refractivity (Wildman–Crippen MR) is 57.4 cm³/mol. The number of morpholine rings is 1. The lowest BCUT2D eigenvalue weighted by Gasteiger charge is -2.36. The third kappa shape index (κ3) is 3.95. The second kappa shape index (κ2) is 5.69. The van der Waals surface area contributed by atoms with Crippen LogP contribution in [0.1, 0.15) is 33.6 Å². The smallest absolute Gasteiger partial charge is 0.0674 e. The van der Waals surface area contributed by atoms with Crippen LogP contribution in [0, 0.1) is 0 Å². The van der Waals surface area contributed by atoms with Gasteiger partial charge in [0.1, 0.15) is 0 Å². The lowest BCUT2D eigenvalue weighted by atomic mass is 10.1. The zero-order chi connectivity index (χ0) is 10.6. The van der Waals surface area contributed by atoms with Crippen molar-refractivity contribution in [2.75, 3.05) is 19.7 Å². The van der Waals surface area contributed by atoms with E-state index in [0.29, 0.717) is 12.1 Å². The first kappa shape index (κ1) is 12.0. The van der Waals surface area contributed by atoms with E-state index >= 15 is 0 Å². The quantitative estimate of drug-likeness (QED) is 0.743. The van der Waals surface area contributed by atoms with Crippen molar-refractivity contribution < 1.29 is 9.84 Å². The van der Waals surface area contributed by atoms with E-state index in [1.807, 2.05) is 6.92 Å². The molecule has 0 aliphatic carbocycles. The lowest BCUT2D eigenvalue weighted by molar-refractivity contribution is -0.0502. The number of hydrogen-bond donors (Lipinski definition) is 1. The van der Waals surface area contributed by atoms with Crippen LogP contribution in [0.2, 0.25) is 0 Å². The van der Waals surface area contributed by atoms with Crippen molar-refractivity contribution in [3.63, 3.8) is 0 Å². The Morgan fingerprint density at radius 3 is 2.86 bits per heavy atom. The van der Waals surface area contributed by atoms with Crippen molar-refractivity contribution in [3.05, 3.63) is 0 Å². The third-order valence-corrected chi connectivity index (χ3v) is 2.80. The molecule has 3 unspecified atom stereocenters. The molecule has 1 saturated heterocycles. The molecular weight excluding hydrogens is 178 g/mol. The second-order valence-electron chi connectivity index (χ2n) is 4.48. The number of aliphatic hydroxyl groups excluding tert-OH is 1. The zero-order valence-corrected chi connectivity index (χ0v) is 9.57. The van der Waals surface area contributed by atoms with Gasteiger partial charge < -0.3 is 9.84 Å². The van der Waals surface area contributed by atoms with Crippen LogP contribution in [0.3, 0.4) is 0 Å². The molecule has 0 aromatic rings. The van der Waals surface area contributed by atoms with Crippen LogP contribution in [0.4, 0.5) is 0 Å². The Morgan fingerprint density at radius 2 is 2.21 bits per heavy atom. The van der Waals surface area contributed by atoms with E-state index in [9.17, 15) is 0 Å². The van der Waals surface area contributed by atoms with Crippen LogP contribution in [-0.2, 0) is 4.74 Å². The highest BCUT2D eigenvalue weighted by molar-refractivity contribution is 4.75. The molecule has 0 saturated carbocycles. The van der Waals surface area contributed by atoms with E-state index in [0.717, 1.165) is 32.5 Å². The fourth-order valence-corrected chi connectivity index (χ4v) is 1.87. The van der Waals surface area contributed by atoms with Gasteiger partial charge in [-0.05, 0) is 40.2 Å². The molecule has 3 heteroatoms. The third-order valence-electron chi connectivity index (χ3n) is 2.80. The van der Waals surface area contributed by atoms with Gasteiger partial charge in [0.2, 0.25) is 0 Å². The van der Waals surface area contributed by atoms with Gasteiger partial charge in [0.15, 0.2) is 0 Å². The number of hydrogen-bond acceptors (Lipinski definition) is 3. The molecule has 3 atom stereocenters. The summed E-state index contributed by atoms with van der Waals surface area (Å²) >= 11 is 0. The highest BCUT2D eigenvalue weighted by atomic mass is 16.5. The topological polar surface area (TPSA) is 32.7 Å². The minimum atomic E-state index is -0.163. The van der Waals surface area contributed by atoms with Gasteiger partial charge in [0, 0.05) is 12.6 Å². The van der Waals surface area contributed by atoms with E-state index in [-0.39, 0.29) is 6.10 Å². The molecule has 0 bridgehead atoms. The van der Waals surface area contributed by atoms with Crippen LogP contribution < -0.4 is 0 Å². The largest absolute Gasteiger partial charge is 0.393 e. The van der Waals surface area contributed by atoms with Crippen LogP contribution in [0.5, 0.6) is 0 Å². The van der Waals surface area contributed by atoms with Crippen LogP contribution in [0.15, 0.2) is 0 Å². The second-order valence-corrected chi connectivity index (χ2v) is 4.48. The molecule has 1 heterocycles. The van der Waals surface area contributed by atoms with E-state index in [1.165, 1.54) is 0 Å². The van der Waals surface area contributed by atoms with Crippen LogP contribution >= 0.6 is 0 Å². The van der Waals surface area contributed by atoms with Crippen LogP contribution in [0.25, 0.3) is 0 Å². The van der Waals surface area contributed by atoms with Crippen LogP contribution in [-0.4, -0.2) is 48.0 Å². The Morgan fingerprint density at radius 1 is 1.50 bits per heavy atom. The molecular formula is C11H23NO2. The SMILES string of the molecule is CC(O)CCCN1CC(C)OCC1C. The molecule has 1 fully saturated rings. The summed E-state index contributed by atoms with van der Waals surface area (Å²) < 4.78 is 5.56. The van der Waals surface area contributed by atoms with Crippen molar-refractivity contribution in [3.8, 4) is 0 Å². The van der Waals surface area contributed by atoms with Crippen molar-refractivity contribution in [1.82, 2.24) is 4.90 Å². The lowest BCUT2D eigenvalue weighted by Crippen LogP contribution is -2.47. The van der Waals surface area contributed by atoms with Crippen molar-refractivity contribution >= 4 is 0 Å². The Labute approximate surface area is 87.1 Å². The van der Waals surface area contributed by atoms with Crippen molar-refractivity contribution in [1.29, 1.82) is 0 Å². The van der Waals surface area contributed by atoms with Gasteiger partial charge in [-0.25, -0.2) is 0 Å². The van der Waals surface area contributed by atoms with Gasteiger partial charge in [-0.3, -0.25) is 4.90 Å². The molecule has 0 aromatic carbocycles. The summed E-state index contributed by atoms with van der Waals surface area (Å²) in [5.74, 6) is 0. The zero-order valence-electron chi connectivity index (χ0n) is 9.57. The van der Waals surface area contributed by atoms with Gasteiger partial charge in [-0.15, -0.1) is 0 Å². The standard InChI is InChI=1S/C11H23NO2/c1-9-8-14-11(3)7-12(9)6-4-5-10(2)13/h9-11,13H,4-8H2,1-3H3. The molecule has 3 nitrogen and oxygen atoms in total. The molecule has 0 aromatic heterocycles. The monoisotopic (exact) mass is 201 g/mol. The normalized spacial score (nSPS) is 31.7. The molecule has 0 amide bonds. The molecule has 0 spiro atoms. The Balaban J connectivity index is 2.20. The van der Waals surface area contributed by atoms with Gasteiger partial charge in [-0.1, -0.05) is 0 Å². The maximum atomic E-state index is 9.16. The van der Waals surface area contributed by atoms with Gasteiger partial charge in [0.25, 0.3) is 0 Å². The molecule has 1 aliphatic heterocycles. The molecule has 0 radical (unpaired) electrons. The number of ether oxygens (including phenoxy) is 1. The maximum Gasteiger partial charge on any atom is 0.0674 e. The highest BCUT2D eigenvalue weighted by Crippen LogP contribution is 2.12. The fourth-order valence-electron chi connectivity index (χ4n) is 1.87. The summed E-state index contributed by atoms with van der Waals surface area (Å²) in [7, 11) is 0. The first-order chi connectivity index (χ1) is 6.59. The minimum Gasteiger partial charge on any atom is -0.393 e.